The Hall–Kier alpha value is -1.65. The quantitative estimate of drug-likeness (QED) is 0.885. The van der Waals surface area contributed by atoms with Crippen molar-refractivity contribution in [3.05, 3.63) is 29.3 Å². The van der Waals surface area contributed by atoms with Crippen LogP contribution < -0.4 is 4.74 Å². The first-order valence-corrected chi connectivity index (χ1v) is 5.11. The Morgan fingerprint density at radius 1 is 1.47 bits per heavy atom. The maximum atomic E-state index is 13.4. The van der Waals surface area contributed by atoms with Gasteiger partial charge < -0.3 is 9.84 Å². The van der Waals surface area contributed by atoms with Gasteiger partial charge >= 0.3 is 5.97 Å². The molecule has 1 aliphatic carbocycles. The van der Waals surface area contributed by atoms with Gasteiger partial charge in [0.25, 0.3) is 5.92 Å². The molecule has 17 heavy (non-hydrogen) atoms. The molecule has 92 valence electrons. The monoisotopic (exact) mass is 242 g/mol. The lowest BCUT2D eigenvalue weighted by Crippen LogP contribution is -2.27. The number of carboxylic acid groups (broad SMARTS) is 1. The summed E-state index contributed by atoms with van der Waals surface area (Å²) in [6.45, 7) is 1.72. The molecule has 0 bridgehead atoms. The van der Waals surface area contributed by atoms with E-state index in [4.69, 9.17) is 9.84 Å². The Kier molecular flexibility index (Phi) is 2.38. The molecular formula is C12H12F2O3. The van der Waals surface area contributed by atoms with Crippen LogP contribution in [0.2, 0.25) is 0 Å². The molecule has 1 aliphatic rings. The highest BCUT2D eigenvalue weighted by Crippen LogP contribution is 2.63. The largest absolute Gasteiger partial charge is 0.496 e. The van der Waals surface area contributed by atoms with Gasteiger partial charge in [0.15, 0.2) is 5.41 Å². The number of hydrogen-bond acceptors (Lipinski definition) is 2. The molecule has 0 aromatic heterocycles. The highest BCUT2D eigenvalue weighted by molar-refractivity contribution is 5.88. The van der Waals surface area contributed by atoms with Crippen LogP contribution in [0.25, 0.3) is 0 Å². The number of rotatable bonds is 3. The third-order valence-corrected chi connectivity index (χ3v) is 3.17. The fourth-order valence-corrected chi connectivity index (χ4v) is 2.08. The van der Waals surface area contributed by atoms with Gasteiger partial charge in [-0.15, -0.1) is 0 Å². The normalized spacial score (nSPS) is 25.4. The average molecular weight is 242 g/mol. The highest BCUT2D eigenvalue weighted by atomic mass is 19.3. The Labute approximate surface area is 97.0 Å². The number of carboxylic acids is 1. The van der Waals surface area contributed by atoms with Crippen molar-refractivity contribution < 1.29 is 23.4 Å². The minimum atomic E-state index is -3.21. The van der Waals surface area contributed by atoms with Crippen molar-refractivity contribution in [3.8, 4) is 5.75 Å². The zero-order valence-electron chi connectivity index (χ0n) is 9.46. The van der Waals surface area contributed by atoms with E-state index in [1.165, 1.54) is 19.2 Å². The Morgan fingerprint density at radius 2 is 2.06 bits per heavy atom. The average Bonchev–Trinajstić information content (AvgIpc) is 2.83. The molecule has 1 unspecified atom stereocenters. The van der Waals surface area contributed by atoms with Gasteiger partial charge in [0.05, 0.1) is 7.11 Å². The summed E-state index contributed by atoms with van der Waals surface area (Å²) in [6.07, 6.45) is -0.671. The standard InChI is InChI=1S/C12H12F2O3/c1-7-3-4-9(17-2)8(5-7)11(10(15)16)6-12(11,13)14/h3-5H,6H2,1-2H3,(H,15,16). The van der Waals surface area contributed by atoms with E-state index in [2.05, 4.69) is 0 Å². The molecule has 1 aromatic rings. The van der Waals surface area contributed by atoms with Gasteiger partial charge in [0, 0.05) is 12.0 Å². The van der Waals surface area contributed by atoms with Crippen LogP contribution in [-0.2, 0) is 10.2 Å². The third-order valence-electron chi connectivity index (χ3n) is 3.17. The first-order valence-electron chi connectivity index (χ1n) is 5.11. The maximum Gasteiger partial charge on any atom is 0.320 e. The van der Waals surface area contributed by atoms with Gasteiger partial charge in [0.1, 0.15) is 5.75 Å². The summed E-state index contributed by atoms with van der Waals surface area (Å²) in [4.78, 5) is 11.1. The summed E-state index contributed by atoms with van der Waals surface area (Å²) in [5.41, 5.74) is -1.34. The van der Waals surface area contributed by atoms with Crippen molar-refractivity contribution in [1.29, 1.82) is 0 Å². The van der Waals surface area contributed by atoms with E-state index in [9.17, 15) is 13.6 Å². The van der Waals surface area contributed by atoms with Gasteiger partial charge in [-0.2, -0.15) is 0 Å². The van der Waals surface area contributed by atoms with Crippen LogP contribution in [0.5, 0.6) is 5.75 Å². The molecule has 1 fully saturated rings. The second-order valence-corrected chi connectivity index (χ2v) is 4.30. The number of ether oxygens (including phenoxy) is 1. The summed E-state index contributed by atoms with van der Waals surface area (Å²) >= 11 is 0. The first-order chi connectivity index (χ1) is 7.85. The summed E-state index contributed by atoms with van der Waals surface area (Å²) in [5, 5.41) is 9.07. The number of alkyl halides is 2. The Balaban J connectivity index is 2.60. The Bertz CT molecular complexity index is 485. The fourth-order valence-electron chi connectivity index (χ4n) is 2.08. The van der Waals surface area contributed by atoms with Crippen molar-refractivity contribution >= 4 is 5.97 Å². The van der Waals surface area contributed by atoms with E-state index in [1.807, 2.05) is 0 Å². The number of methoxy groups -OCH3 is 1. The summed E-state index contributed by atoms with van der Waals surface area (Å²) < 4.78 is 31.8. The van der Waals surface area contributed by atoms with E-state index >= 15 is 0 Å². The third kappa shape index (κ3) is 1.49. The fraction of sp³-hybridized carbons (Fsp3) is 0.417. The van der Waals surface area contributed by atoms with Crippen LogP contribution in [-0.4, -0.2) is 24.1 Å². The van der Waals surface area contributed by atoms with E-state index in [0.717, 1.165) is 5.56 Å². The molecule has 0 saturated heterocycles. The van der Waals surface area contributed by atoms with E-state index in [1.54, 1.807) is 13.0 Å². The number of halogens is 2. The van der Waals surface area contributed by atoms with Crippen molar-refractivity contribution in [3.63, 3.8) is 0 Å². The molecule has 1 saturated carbocycles. The molecule has 0 heterocycles. The second kappa shape index (κ2) is 3.42. The molecule has 1 aromatic carbocycles. The minimum Gasteiger partial charge on any atom is -0.496 e. The molecule has 0 aliphatic heterocycles. The SMILES string of the molecule is COc1ccc(C)cc1C1(C(=O)O)CC1(F)F. The van der Waals surface area contributed by atoms with Crippen molar-refractivity contribution in [1.82, 2.24) is 0 Å². The summed E-state index contributed by atoms with van der Waals surface area (Å²) in [6, 6.07) is 4.66. The van der Waals surface area contributed by atoms with Crippen LogP contribution in [0.1, 0.15) is 17.5 Å². The molecule has 0 amide bonds. The van der Waals surface area contributed by atoms with Crippen LogP contribution >= 0.6 is 0 Å². The number of carbonyl (C=O) groups is 1. The number of benzene rings is 1. The second-order valence-electron chi connectivity index (χ2n) is 4.30. The van der Waals surface area contributed by atoms with Crippen LogP contribution in [0.4, 0.5) is 8.78 Å². The molecule has 2 rings (SSSR count). The summed E-state index contributed by atoms with van der Waals surface area (Å²) in [5.74, 6) is -4.53. The van der Waals surface area contributed by atoms with Gasteiger partial charge in [0.2, 0.25) is 0 Å². The number of aryl methyl sites for hydroxylation is 1. The smallest absolute Gasteiger partial charge is 0.320 e. The summed E-state index contributed by atoms with van der Waals surface area (Å²) in [7, 11) is 1.34. The predicted molar refractivity (Wildman–Crippen MR) is 56.6 cm³/mol. The van der Waals surface area contributed by atoms with Gasteiger partial charge in [-0.25, -0.2) is 8.78 Å². The minimum absolute atomic E-state index is 0.0532. The molecule has 0 radical (unpaired) electrons. The molecular weight excluding hydrogens is 230 g/mol. The number of aliphatic carboxylic acids is 1. The molecule has 1 atom stereocenters. The lowest BCUT2D eigenvalue weighted by molar-refractivity contribution is -0.143. The number of hydrogen-bond donors (Lipinski definition) is 1. The van der Waals surface area contributed by atoms with Crippen molar-refractivity contribution in [2.45, 2.75) is 24.7 Å². The maximum absolute atomic E-state index is 13.4. The molecule has 5 heteroatoms. The van der Waals surface area contributed by atoms with Gasteiger partial charge in [-0.3, -0.25) is 4.79 Å². The van der Waals surface area contributed by atoms with Crippen molar-refractivity contribution in [2.75, 3.05) is 7.11 Å². The Morgan fingerprint density at radius 3 is 2.47 bits per heavy atom. The van der Waals surface area contributed by atoms with Crippen LogP contribution in [0.15, 0.2) is 18.2 Å². The van der Waals surface area contributed by atoms with E-state index in [-0.39, 0.29) is 11.3 Å². The first kappa shape index (κ1) is 11.8. The lowest BCUT2D eigenvalue weighted by atomic mass is 9.93. The van der Waals surface area contributed by atoms with Gasteiger partial charge in [-0.05, 0) is 13.0 Å². The van der Waals surface area contributed by atoms with E-state index < -0.39 is 23.7 Å². The molecule has 1 N–H and O–H groups in total. The van der Waals surface area contributed by atoms with Crippen LogP contribution in [0.3, 0.4) is 0 Å². The topological polar surface area (TPSA) is 46.5 Å². The van der Waals surface area contributed by atoms with Gasteiger partial charge in [-0.1, -0.05) is 17.7 Å². The van der Waals surface area contributed by atoms with Crippen molar-refractivity contribution in [2.24, 2.45) is 0 Å². The highest BCUT2D eigenvalue weighted by Gasteiger charge is 2.78. The van der Waals surface area contributed by atoms with E-state index in [0.29, 0.717) is 0 Å². The molecule has 0 spiro atoms. The zero-order valence-corrected chi connectivity index (χ0v) is 9.46. The van der Waals surface area contributed by atoms with Crippen LogP contribution in [0, 0.1) is 6.92 Å². The lowest BCUT2D eigenvalue weighted by Gasteiger charge is -2.16. The predicted octanol–water partition coefficient (Wildman–Crippen LogP) is 2.37. The molecule has 3 nitrogen and oxygen atoms in total. The zero-order chi connectivity index (χ0) is 12.8.